The normalized spacial score (nSPS) is 12.9. The molecule has 1 aromatic rings. The molecule has 0 amide bonds. The van der Waals surface area contributed by atoms with Gasteiger partial charge in [0.25, 0.3) is 0 Å². The van der Waals surface area contributed by atoms with Gasteiger partial charge in [0.2, 0.25) is 0 Å². The second kappa shape index (κ2) is 8.38. The molecule has 0 saturated carbocycles. The van der Waals surface area contributed by atoms with Gasteiger partial charge in [-0.1, -0.05) is 26.8 Å². The Balaban J connectivity index is 2.62. The number of rotatable bonds is 8. The van der Waals surface area contributed by atoms with Crippen molar-refractivity contribution in [2.45, 2.75) is 33.2 Å². The average molecular weight is 267 g/mol. The summed E-state index contributed by atoms with van der Waals surface area (Å²) in [5.41, 5.74) is 7.09. The summed E-state index contributed by atoms with van der Waals surface area (Å²) in [6.07, 6.45) is 2.88. The molecule has 0 fully saturated rings. The van der Waals surface area contributed by atoms with Crippen LogP contribution in [0.15, 0.2) is 18.3 Å². The Kier molecular flexibility index (Phi) is 7.13. The number of aromatic nitrogens is 1. The monoisotopic (exact) mass is 267 g/mol. The first-order valence-corrected chi connectivity index (χ1v) is 7.82. The van der Waals surface area contributed by atoms with Crippen molar-refractivity contribution in [1.82, 2.24) is 10.3 Å². The molecule has 0 spiro atoms. The van der Waals surface area contributed by atoms with Crippen molar-refractivity contribution in [1.29, 1.82) is 0 Å². The van der Waals surface area contributed by atoms with Gasteiger partial charge in [-0.05, 0) is 30.7 Å². The Morgan fingerprint density at radius 2 is 2.17 bits per heavy atom. The maximum atomic E-state index is 5.96. The summed E-state index contributed by atoms with van der Waals surface area (Å²) >= 11 is 1.98. The van der Waals surface area contributed by atoms with Gasteiger partial charge in [-0.3, -0.25) is 0 Å². The molecule has 1 heterocycles. The van der Waals surface area contributed by atoms with Gasteiger partial charge in [-0.2, -0.15) is 11.8 Å². The van der Waals surface area contributed by atoms with Gasteiger partial charge < -0.3 is 11.1 Å². The number of thioether (sulfide) groups is 1. The second-order valence-electron chi connectivity index (χ2n) is 4.92. The molecule has 0 aliphatic carbocycles. The third kappa shape index (κ3) is 5.27. The predicted molar refractivity (Wildman–Crippen MR) is 81.8 cm³/mol. The van der Waals surface area contributed by atoms with Gasteiger partial charge in [-0.15, -0.1) is 0 Å². The van der Waals surface area contributed by atoms with E-state index in [1.807, 2.05) is 17.8 Å². The van der Waals surface area contributed by atoms with Crippen molar-refractivity contribution in [2.75, 3.05) is 23.8 Å². The van der Waals surface area contributed by atoms with E-state index in [0.717, 1.165) is 30.2 Å². The second-order valence-corrected chi connectivity index (χ2v) is 5.99. The highest BCUT2D eigenvalue weighted by atomic mass is 32.2. The Morgan fingerprint density at radius 1 is 1.39 bits per heavy atom. The van der Waals surface area contributed by atoms with E-state index in [1.165, 1.54) is 5.75 Å². The fourth-order valence-corrected chi connectivity index (χ4v) is 2.86. The minimum absolute atomic E-state index is 0.308. The summed E-state index contributed by atoms with van der Waals surface area (Å²) < 4.78 is 0. The van der Waals surface area contributed by atoms with Crippen LogP contribution in [0.25, 0.3) is 0 Å². The van der Waals surface area contributed by atoms with Crippen LogP contribution in [0.1, 0.15) is 38.8 Å². The Bertz CT molecular complexity index is 342. The first-order valence-electron chi connectivity index (χ1n) is 6.66. The lowest BCUT2D eigenvalue weighted by Crippen LogP contribution is -2.25. The fraction of sp³-hybridized carbons (Fsp3) is 0.643. The standard InChI is InChI=1S/C14H25N3S/c1-4-7-16-13(10-18-9-11(2)3)12-6-5-8-17-14(12)15/h5-6,8,11,13,16H,4,7,9-10H2,1-3H3,(H2,15,17). The molecule has 1 rings (SSSR count). The molecule has 1 atom stereocenters. The molecule has 102 valence electrons. The van der Waals surface area contributed by atoms with E-state index in [9.17, 15) is 0 Å². The lowest BCUT2D eigenvalue weighted by Gasteiger charge is -2.20. The summed E-state index contributed by atoms with van der Waals surface area (Å²) in [6, 6.07) is 4.34. The molecule has 18 heavy (non-hydrogen) atoms. The number of pyridine rings is 1. The van der Waals surface area contributed by atoms with E-state index in [-0.39, 0.29) is 0 Å². The van der Waals surface area contributed by atoms with E-state index in [4.69, 9.17) is 5.73 Å². The number of anilines is 1. The van der Waals surface area contributed by atoms with Crippen LogP contribution in [0.4, 0.5) is 5.82 Å². The third-order valence-corrected chi connectivity index (χ3v) is 4.09. The molecule has 3 nitrogen and oxygen atoms in total. The van der Waals surface area contributed by atoms with Crippen LogP contribution in [0.5, 0.6) is 0 Å². The SMILES string of the molecule is CCCNC(CSCC(C)C)c1cccnc1N. The summed E-state index contributed by atoms with van der Waals surface area (Å²) in [5, 5.41) is 3.56. The molecule has 0 aliphatic rings. The van der Waals surface area contributed by atoms with Crippen molar-refractivity contribution < 1.29 is 0 Å². The molecule has 1 aromatic heterocycles. The van der Waals surface area contributed by atoms with Crippen molar-refractivity contribution >= 4 is 17.6 Å². The summed E-state index contributed by atoms with van der Waals surface area (Å²) in [4.78, 5) is 4.18. The molecule has 0 aliphatic heterocycles. The summed E-state index contributed by atoms with van der Waals surface area (Å²) in [7, 11) is 0. The van der Waals surface area contributed by atoms with E-state index in [0.29, 0.717) is 11.9 Å². The molecule has 0 radical (unpaired) electrons. The van der Waals surface area contributed by atoms with Crippen molar-refractivity contribution in [2.24, 2.45) is 5.92 Å². The maximum absolute atomic E-state index is 5.96. The Labute approximate surface area is 115 Å². The van der Waals surface area contributed by atoms with Crippen LogP contribution >= 0.6 is 11.8 Å². The minimum Gasteiger partial charge on any atom is -0.383 e. The van der Waals surface area contributed by atoms with Crippen molar-refractivity contribution in [3.63, 3.8) is 0 Å². The molecule has 4 heteroatoms. The third-order valence-electron chi connectivity index (χ3n) is 2.62. The number of nitrogens with one attached hydrogen (secondary N) is 1. The van der Waals surface area contributed by atoms with Gasteiger partial charge in [0, 0.05) is 23.6 Å². The van der Waals surface area contributed by atoms with Crippen LogP contribution < -0.4 is 11.1 Å². The van der Waals surface area contributed by atoms with Crippen molar-refractivity contribution in [3.8, 4) is 0 Å². The van der Waals surface area contributed by atoms with Crippen LogP contribution in [0, 0.1) is 5.92 Å². The predicted octanol–water partition coefficient (Wildman–Crippen LogP) is 3.09. The fourth-order valence-electron chi connectivity index (χ4n) is 1.72. The van der Waals surface area contributed by atoms with Crippen molar-refractivity contribution in [3.05, 3.63) is 23.9 Å². The van der Waals surface area contributed by atoms with Gasteiger partial charge >= 0.3 is 0 Å². The first kappa shape index (κ1) is 15.3. The molecule has 0 saturated heterocycles. The van der Waals surface area contributed by atoms with Crippen LogP contribution in [0.2, 0.25) is 0 Å². The van der Waals surface area contributed by atoms with Crippen LogP contribution in [-0.2, 0) is 0 Å². The molecular formula is C14H25N3S. The van der Waals surface area contributed by atoms with Crippen LogP contribution in [0.3, 0.4) is 0 Å². The number of hydrogen-bond acceptors (Lipinski definition) is 4. The largest absolute Gasteiger partial charge is 0.383 e. The lowest BCUT2D eigenvalue weighted by molar-refractivity contribution is 0.577. The molecule has 0 bridgehead atoms. The highest BCUT2D eigenvalue weighted by Gasteiger charge is 2.14. The van der Waals surface area contributed by atoms with E-state index < -0.39 is 0 Å². The number of nitrogen functional groups attached to an aromatic ring is 1. The topological polar surface area (TPSA) is 50.9 Å². The highest BCUT2D eigenvalue weighted by Crippen LogP contribution is 2.23. The van der Waals surface area contributed by atoms with E-state index in [1.54, 1.807) is 6.20 Å². The van der Waals surface area contributed by atoms with Gasteiger partial charge in [0.05, 0.1) is 0 Å². The zero-order valence-corrected chi connectivity index (χ0v) is 12.5. The van der Waals surface area contributed by atoms with Crippen LogP contribution in [-0.4, -0.2) is 23.0 Å². The lowest BCUT2D eigenvalue weighted by atomic mass is 10.1. The minimum atomic E-state index is 0.308. The molecular weight excluding hydrogens is 242 g/mol. The van der Waals surface area contributed by atoms with Gasteiger partial charge in [0.1, 0.15) is 5.82 Å². The summed E-state index contributed by atoms with van der Waals surface area (Å²) in [6.45, 7) is 7.69. The smallest absolute Gasteiger partial charge is 0.128 e. The molecule has 1 unspecified atom stereocenters. The molecule has 3 N–H and O–H groups in total. The first-order chi connectivity index (χ1) is 8.65. The maximum Gasteiger partial charge on any atom is 0.128 e. The Hall–Kier alpha value is -0.740. The average Bonchev–Trinajstić information content (AvgIpc) is 2.34. The number of hydrogen-bond donors (Lipinski definition) is 2. The van der Waals surface area contributed by atoms with Gasteiger partial charge in [-0.25, -0.2) is 4.98 Å². The number of nitrogens with zero attached hydrogens (tertiary/aromatic N) is 1. The molecule has 0 aromatic carbocycles. The van der Waals surface area contributed by atoms with E-state index >= 15 is 0 Å². The zero-order chi connectivity index (χ0) is 13.4. The van der Waals surface area contributed by atoms with E-state index in [2.05, 4.69) is 37.1 Å². The van der Waals surface area contributed by atoms with Gasteiger partial charge in [0.15, 0.2) is 0 Å². The zero-order valence-electron chi connectivity index (χ0n) is 11.6. The number of nitrogens with two attached hydrogens (primary N) is 1. The highest BCUT2D eigenvalue weighted by molar-refractivity contribution is 7.99. The quantitative estimate of drug-likeness (QED) is 0.760. The summed E-state index contributed by atoms with van der Waals surface area (Å²) in [5.74, 6) is 3.61. The Morgan fingerprint density at radius 3 is 2.78 bits per heavy atom.